The zero-order valence-electron chi connectivity index (χ0n) is 10.4. The van der Waals surface area contributed by atoms with E-state index >= 15 is 0 Å². The van der Waals surface area contributed by atoms with E-state index < -0.39 is 0 Å². The highest BCUT2D eigenvalue weighted by molar-refractivity contribution is 7.15. The first kappa shape index (κ1) is 12.7. The van der Waals surface area contributed by atoms with Crippen LogP contribution < -0.4 is 15.2 Å². The summed E-state index contributed by atoms with van der Waals surface area (Å²) in [6.07, 6.45) is 1.80. The predicted octanol–water partition coefficient (Wildman–Crippen LogP) is 3.25. The van der Waals surface area contributed by atoms with Crippen molar-refractivity contribution < 1.29 is 9.47 Å². The molecule has 1 atom stereocenters. The van der Waals surface area contributed by atoms with Gasteiger partial charge in [-0.25, -0.2) is 4.98 Å². The van der Waals surface area contributed by atoms with Gasteiger partial charge in [0, 0.05) is 22.7 Å². The van der Waals surface area contributed by atoms with Gasteiger partial charge in [-0.05, 0) is 19.1 Å². The first-order valence-electron chi connectivity index (χ1n) is 5.96. The van der Waals surface area contributed by atoms with Crippen molar-refractivity contribution in [3.8, 4) is 22.1 Å². The summed E-state index contributed by atoms with van der Waals surface area (Å²) in [6.45, 7) is 3.00. The van der Waals surface area contributed by atoms with Crippen LogP contribution in [0.2, 0.25) is 5.02 Å². The van der Waals surface area contributed by atoms with Crippen LogP contribution in [0.3, 0.4) is 0 Å². The number of fused-ring (bicyclic) bond motifs is 1. The molecule has 0 amide bonds. The first-order chi connectivity index (χ1) is 9.15. The molecule has 6 heteroatoms. The van der Waals surface area contributed by atoms with Gasteiger partial charge in [-0.2, -0.15) is 0 Å². The molecule has 1 aliphatic heterocycles. The van der Waals surface area contributed by atoms with Gasteiger partial charge in [0.1, 0.15) is 18.2 Å². The van der Waals surface area contributed by atoms with Gasteiger partial charge in [0.2, 0.25) is 0 Å². The Morgan fingerprint density at radius 1 is 1.37 bits per heavy atom. The van der Waals surface area contributed by atoms with Gasteiger partial charge in [0.15, 0.2) is 11.5 Å². The lowest BCUT2D eigenvalue weighted by Gasteiger charge is -2.19. The number of nitrogens with two attached hydrogens (primary N) is 1. The Labute approximate surface area is 120 Å². The number of aromatic nitrogens is 1. The van der Waals surface area contributed by atoms with Crippen LogP contribution in [0.1, 0.15) is 17.8 Å². The Balaban J connectivity index is 2.02. The molecule has 0 saturated carbocycles. The minimum absolute atomic E-state index is 0.0149. The highest BCUT2D eigenvalue weighted by Crippen LogP contribution is 2.42. The fourth-order valence-electron chi connectivity index (χ4n) is 1.86. The number of nitrogens with zero attached hydrogens (tertiary/aromatic N) is 1. The zero-order chi connectivity index (χ0) is 13.4. The van der Waals surface area contributed by atoms with Crippen molar-refractivity contribution in [2.24, 2.45) is 5.73 Å². The molecule has 1 aromatic heterocycles. The summed E-state index contributed by atoms with van der Waals surface area (Å²) < 4.78 is 11.1. The summed E-state index contributed by atoms with van der Waals surface area (Å²) in [6, 6.07) is 3.74. The van der Waals surface area contributed by atoms with Crippen LogP contribution in [-0.4, -0.2) is 18.2 Å². The highest BCUT2D eigenvalue weighted by Gasteiger charge is 2.18. The number of hydrogen-bond donors (Lipinski definition) is 1. The van der Waals surface area contributed by atoms with Crippen molar-refractivity contribution in [2.45, 2.75) is 13.0 Å². The summed E-state index contributed by atoms with van der Waals surface area (Å²) >= 11 is 7.78. The number of ether oxygens (including phenoxy) is 2. The molecular formula is C13H13ClN2O2S. The molecule has 2 heterocycles. The highest BCUT2D eigenvalue weighted by atomic mass is 35.5. The van der Waals surface area contributed by atoms with Crippen LogP contribution in [0.25, 0.3) is 10.6 Å². The molecule has 3 rings (SSSR count). The average Bonchev–Trinajstić information content (AvgIpc) is 2.88. The molecule has 100 valence electrons. The van der Waals surface area contributed by atoms with Gasteiger partial charge >= 0.3 is 0 Å². The zero-order valence-corrected chi connectivity index (χ0v) is 11.9. The van der Waals surface area contributed by atoms with E-state index in [9.17, 15) is 0 Å². The normalized spacial score (nSPS) is 15.3. The third-order valence-corrected chi connectivity index (χ3v) is 4.34. The summed E-state index contributed by atoms with van der Waals surface area (Å²) in [7, 11) is 0. The SMILES string of the molecule is CC(N)c1cnc(-c2cc(Cl)c3c(c2)OCCO3)s1. The Bertz CT molecular complexity index is 613. The maximum atomic E-state index is 6.21. The summed E-state index contributed by atoms with van der Waals surface area (Å²) in [5.74, 6) is 1.28. The van der Waals surface area contributed by atoms with Crippen LogP contribution in [-0.2, 0) is 0 Å². The van der Waals surface area contributed by atoms with Crippen molar-refractivity contribution in [3.63, 3.8) is 0 Å². The lowest BCUT2D eigenvalue weighted by atomic mass is 10.2. The quantitative estimate of drug-likeness (QED) is 0.924. The maximum Gasteiger partial charge on any atom is 0.179 e. The number of rotatable bonds is 2. The van der Waals surface area contributed by atoms with Crippen molar-refractivity contribution in [1.29, 1.82) is 0 Å². The molecule has 2 N–H and O–H groups in total. The van der Waals surface area contributed by atoms with Gasteiger partial charge in [-0.1, -0.05) is 11.6 Å². The van der Waals surface area contributed by atoms with E-state index in [1.807, 2.05) is 19.1 Å². The molecule has 1 aromatic carbocycles. The molecule has 19 heavy (non-hydrogen) atoms. The second kappa shape index (κ2) is 5.00. The third-order valence-electron chi connectivity index (χ3n) is 2.82. The average molecular weight is 297 g/mol. The molecule has 1 aliphatic rings. The van der Waals surface area contributed by atoms with E-state index in [1.165, 1.54) is 0 Å². The number of thiazole rings is 1. The van der Waals surface area contributed by atoms with Gasteiger partial charge in [0.05, 0.1) is 5.02 Å². The number of benzene rings is 1. The summed E-state index contributed by atoms with van der Waals surface area (Å²) in [5, 5.41) is 1.43. The molecule has 0 saturated heterocycles. The molecule has 4 nitrogen and oxygen atoms in total. The van der Waals surface area contributed by atoms with Gasteiger partial charge in [-0.3, -0.25) is 0 Å². The third kappa shape index (κ3) is 2.41. The monoisotopic (exact) mass is 296 g/mol. The van der Waals surface area contributed by atoms with E-state index in [4.69, 9.17) is 26.8 Å². The van der Waals surface area contributed by atoms with E-state index in [2.05, 4.69) is 4.98 Å². The minimum Gasteiger partial charge on any atom is -0.486 e. The number of halogens is 1. The second-order valence-electron chi connectivity index (χ2n) is 4.34. The summed E-state index contributed by atoms with van der Waals surface area (Å²) in [4.78, 5) is 5.42. The fourth-order valence-corrected chi connectivity index (χ4v) is 2.99. The Morgan fingerprint density at radius 3 is 2.89 bits per heavy atom. The Hall–Kier alpha value is -1.30. The molecule has 0 spiro atoms. The van der Waals surface area contributed by atoms with E-state index in [1.54, 1.807) is 17.5 Å². The molecule has 0 fully saturated rings. The largest absolute Gasteiger partial charge is 0.486 e. The molecule has 0 aliphatic carbocycles. The molecule has 0 radical (unpaired) electrons. The first-order valence-corrected chi connectivity index (χ1v) is 7.15. The van der Waals surface area contributed by atoms with Gasteiger partial charge < -0.3 is 15.2 Å². The van der Waals surface area contributed by atoms with E-state index in [0.29, 0.717) is 29.7 Å². The van der Waals surface area contributed by atoms with Crippen molar-refractivity contribution in [1.82, 2.24) is 4.98 Å². The smallest absolute Gasteiger partial charge is 0.179 e. The van der Waals surface area contributed by atoms with Crippen molar-refractivity contribution in [2.75, 3.05) is 13.2 Å². The van der Waals surface area contributed by atoms with Gasteiger partial charge in [0.25, 0.3) is 0 Å². The molecular weight excluding hydrogens is 284 g/mol. The minimum atomic E-state index is -0.0149. The van der Waals surface area contributed by atoms with Crippen LogP contribution in [0, 0.1) is 0 Å². The summed E-state index contributed by atoms with van der Waals surface area (Å²) in [5.41, 5.74) is 6.77. The van der Waals surface area contributed by atoms with Crippen LogP contribution in [0.4, 0.5) is 0 Å². The molecule has 1 unspecified atom stereocenters. The van der Waals surface area contributed by atoms with Crippen LogP contribution in [0.5, 0.6) is 11.5 Å². The lowest BCUT2D eigenvalue weighted by molar-refractivity contribution is 0.172. The van der Waals surface area contributed by atoms with Crippen LogP contribution >= 0.6 is 22.9 Å². The van der Waals surface area contributed by atoms with Crippen molar-refractivity contribution >= 4 is 22.9 Å². The predicted molar refractivity (Wildman–Crippen MR) is 76.2 cm³/mol. The topological polar surface area (TPSA) is 57.4 Å². The van der Waals surface area contributed by atoms with Crippen LogP contribution in [0.15, 0.2) is 18.3 Å². The fraction of sp³-hybridized carbons (Fsp3) is 0.308. The van der Waals surface area contributed by atoms with E-state index in [-0.39, 0.29) is 6.04 Å². The van der Waals surface area contributed by atoms with E-state index in [0.717, 1.165) is 15.4 Å². The van der Waals surface area contributed by atoms with Crippen molar-refractivity contribution in [3.05, 3.63) is 28.2 Å². The second-order valence-corrected chi connectivity index (χ2v) is 5.81. The standard InChI is InChI=1S/C13H13ClN2O2S/c1-7(15)11-6-16-13(19-11)8-4-9(14)12-10(5-8)17-2-3-18-12/h4-7H,2-3,15H2,1H3. The lowest BCUT2D eigenvalue weighted by Crippen LogP contribution is -2.15. The Kier molecular flexibility index (Phi) is 3.35. The number of hydrogen-bond acceptors (Lipinski definition) is 5. The molecule has 0 bridgehead atoms. The van der Waals surface area contributed by atoms with Gasteiger partial charge in [-0.15, -0.1) is 11.3 Å². The Morgan fingerprint density at radius 2 is 2.16 bits per heavy atom. The molecule has 2 aromatic rings. The maximum absolute atomic E-state index is 6.21.